The molecule has 1 aliphatic rings. The SMILES string of the molecule is NC[C@@]1(c2cccc(Cl)c2)CCO1. The molecule has 1 saturated heterocycles. The largest absolute Gasteiger partial charge is 0.369 e. The number of benzene rings is 1. The topological polar surface area (TPSA) is 35.2 Å². The molecule has 1 aromatic rings. The highest BCUT2D eigenvalue weighted by Gasteiger charge is 2.38. The molecule has 2 nitrogen and oxygen atoms in total. The Bertz CT molecular complexity index is 304. The van der Waals surface area contributed by atoms with Gasteiger partial charge in [0.15, 0.2) is 0 Å². The fourth-order valence-electron chi connectivity index (χ4n) is 1.63. The molecule has 1 atom stereocenters. The summed E-state index contributed by atoms with van der Waals surface area (Å²) in [6.45, 7) is 1.32. The first kappa shape index (κ1) is 9.00. The van der Waals surface area contributed by atoms with Gasteiger partial charge < -0.3 is 10.5 Å². The summed E-state index contributed by atoms with van der Waals surface area (Å²) in [6, 6.07) is 7.72. The Labute approximate surface area is 82.6 Å². The zero-order valence-corrected chi connectivity index (χ0v) is 8.05. The molecule has 13 heavy (non-hydrogen) atoms. The van der Waals surface area contributed by atoms with Crippen molar-refractivity contribution < 1.29 is 4.74 Å². The Kier molecular flexibility index (Phi) is 2.28. The van der Waals surface area contributed by atoms with Crippen molar-refractivity contribution in [3.8, 4) is 0 Å². The normalized spacial score (nSPS) is 26.9. The van der Waals surface area contributed by atoms with Gasteiger partial charge in [-0.2, -0.15) is 0 Å². The van der Waals surface area contributed by atoms with Crippen LogP contribution in [0.1, 0.15) is 12.0 Å². The summed E-state index contributed by atoms with van der Waals surface area (Å²) >= 11 is 5.89. The van der Waals surface area contributed by atoms with Crippen LogP contribution in [0.2, 0.25) is 5.02 Å². The molecule has 2 N–H and O–H groups in total. The Morgan fingerprint density at radius 2 is 2.31 bits per heavy atom. The van der Waals surface area contributed by atoms with Gasteiger partial charge in [0.1, 0.15) is 5.60 Å². The predicted octanol–water partition coefficient (Wildman–Crippen LogP) is 1.91. The Morgan fingerprint density at radius 1 is 1.54 bits per heavy atom. The molecule has 0 amide bonds. The lowest BCUT2D eigenvalue weighted by Crippen LogP contribution is -2.46. The van der Waals surface area contributed by atoms with Crippen LogP contribution in [0.3, 0.4) is 0 Å². The van der Waals surface area contributed by atoms with Gasteiger partial charge in [-0.3, -0.25) is 0 Å². The second kappa shape index (κ2) is 3.29. The maximum absolute atomic E-state index is 5.89. The highest BCUT2D eigenvalue weighted by molar-refractivity contribution is 6.30. The molecule has 0 radical (unpaired) electrons. The molecule has 0 spiro atoms. The molecular formula is C10H12ClNO. The molecule has 0 unspecified atom stereocenters. The molecule has 1 aromatic carbocycles. The van der Waals surface area contributed by atoms with Crippen LogP contribution in [0.5, 0.6) is 0 Å². The summed E-state index contributed by atoms with van der Waals surface area (Å²) in [6.07, 6.45) is 0.990. The standard InChI is InChI=1S/C10H12ClNO/c11-9-3-1-2-8(6-9)10(7-12)4-5-13-10/h1-3,6H,4-5,7,12H2/t10-/m1/s1. The zero-order valence-electron chi connectivity index (χ0n) is 7.29. The summed E-state index contributed by atoms with van der Waals surface area (Å²) < 4.78 is 5.52. The molecule has 0 bridgehead atoms. The van der Waals surface area contributed by atoms with Crippen molar-refractivity contribution in [2.45, 2.75) is 12.0 Å². The lowest BCUT2D eigenvalue weighted by Gasteiger charge is -2.41. The lowest BCUT2D eigenvalue weighted by atomic mass is 9.87. The van der Waals surface area contributed by atoms with Crippen LogP contribution in [0.15, 0.2) is 24.3 Å². The van der Waals surface area contributed by atoms with E-state index < -0.39 is 0 Å². The van der Waals surface area contributed by atoms with E-state index in [0.29, 0.717) is 6.54 Å². The minimum atomic E-state index is -0.259. The van der Waals surface area contributed by atoms with E-state index in [-0.39, 0.29) is 5.60 Å². The van der Waals surface area contributed by atoms with Crippen LogP contribution >= 0.6 is 11.6 Å². The van der Waals surface area contributed by atoms with Crippen LogP contribution in [0.4, 0.5) is 0 Å². The highest BCUT2D eigenvalue weighted by Crippen LogP contribution is 2.36. The van der Waals surface area contributed by atoms with Crippen LogP contribution in [-0.4, -0.2) is 13.2 Å². The number of halogens is 1. The average Bonchev–Trinajstić information content (AvgIpc) is 2.03. The van der Waals surface area contributed by atoms with Gasteiger partial charge >= 0.3 is 0 Å². The third-order valence-electron chi connectivity index (χ3n) is 2.56. The van der Waals surface area contributed by atoms with E-state index >= 15 is 0 Å². The van der Waals surface area contributed by atoms with Gasteiger partial charge in [0.25, 0.3) is 0 Å². The van der Waals surface area contributed by atoms with Gasteiger partial charge in [-0.15, -0.1) is 0 Å². The van der Waals surface area contributed by atoms with Crippen molar-refractivity contribution in [1.29, 1.82) is 0 Å². The van der Waals surface area contributed by atoms with Crippen molar-refractivity contribution in [3.05, 3.63) is 34.9 Å². The Balaban J connectivity index is 2.33. The summed E-state index contributed by atoms with van der Waals surface area (Å²) in [5.74, 6) is 0. The van der Waals surface area contributed by atoms with Crippen molar-refractivity contribution in [3.63, 3.8) is 0 Å². The van der Waals surface area contributed by atoms with Gasteiger partial charge in [-0.1, -0.05) is 23.7 Å². The first-order valence-corrected chi connectivity index (χ1v) is 4.75. The predicted molar refractivity (Wildman–Crippen MR) is 52.8 cm³/mol. The Hall–Kier alpha value is -0.570. The van der Waals surface area contributed by atoms with Crippen molar-refractivity contribution in [2.75, 3.05) is 13.2 Å². The molecule has 0 saturated carbocycles. The van der Waals surface area contributed by atoms with Gasteiger partial charge in [0.2, 0.25) is 0 Å². The van der Waals surface area contributed by atoms with E-state index in [1.807, 2.05) is 24.3 Å². The summed E-state index contributed by atoms with van der Waals surface area (Å²) in [5.41, 5.74) is 6.52. The van der Waals surface area contributed by atoms with E-state index in [9.17, 15) is 0 Å². The fourth-order valence-corrected chi connectivity index (χ4v) is 1.82. The van der Waals surface area contributed by atoms with Crippen LogP contribution in [0, 0.1) is 0 Å². The van der Waals surface area contributed by atoms with Crippen LogP contribution < -0.4 is 5.73 Å². The lowest BCUT2D eigenvalue weighted by molar-refractivity contribution is -0.146. The van der Waals surface area contributed by atoms with Crippen LogP contribution in [0.25, 0.3) is 0 Å². The number of nitrogens with two attached hydrogens (primary N) is 1. The first-order valence-electron chi connectivity index (χ1n) is 4.37. The molecule has 1 heterocycles. The van der Waals surface area contributed by atoms with Gasteiger partial charge in [-0.25, -0.2) is 0 Å². The third kappa shape index (κ3) is 1.46. The van der Waals surface area contributed by atoms with E-state index in [0.717, 1.165) is 23.6 Å². The summed E-state index contributed by atoms with van der Waals surface area (Å²) in [5, 5.41) is 0.737. The second-order valence-corrected chi connectivity index (χ2v) is 3.74. The minimum absolute atomic E-state index is 0.259. The quantitative estimate of drug-likeness (QED) is 0.786. The van der Waals surface area contributed by atoms with Gasteiger partial charge in [0, 0.05) is 18.0 Å². The van der Waals surface area contributed by atoms with Crippen molar-refractivity contribution >= 4 is 11.6 Å². The molecule has 1 fully saturated rings. The maximum Gasteiger partial charge on any atom is 0.107 e. The van der Waals surface area contributed by atoms with Crippen LogP contribution in [-0.2, 0) is 10.3 Å². The van der Waals surface area contributed by atoms with Crippen molar-refractivity contribution in [2.24, 2.45) is 5.73 Å². The van der Waals surface area contributed by atoms with Crippen molar-refractivity contribution in [1.82, 2.24) is 0 Å². The van der Waals surface area contributed by atoms with Gasteiger partial charge in [0.05, 0.1) is 6.61 Å². The second-order valence-electron chi connectivity index (χ2n) is 3.31. The average molecular weight is 198 g/mol. The molecular weight excluding hydrogens is 186 g/mol. The molecule has 3 heteroatoms. The number of hydrogen-bond acceptors (Lipinski definition) is 2. The fraction of sp³-hybridized carbons (Fsp3) is 0.400. The molecule has 0 aromatic heterocycles. The zero-order chi connectivity index (χ0) is 9.31. The minimum Gasteiger partial charge on any atom is -0.369 e. The first-order chi connectivity index (χ1) is 6.27. The van der Waals surface area contributed by atoms with E-state index in [2.05, 4.69) is 0 Å². The van der Waals surface area contributed by atoms with Gasteiger partial charge in [-0.05, 0) is 17.7 Å². The van der Waals surface area contributed by atoms with E-state index in [1.165, 1.54) is 0 Å². The number of ether oxygens (including phenoxy) is 1. The van der Waals surface area contributed by atoms with E-state index in [1.54, 1.807) is 0 Å². The smallest absolute Gasteiger partial charge is 0.107 e. The third-order valence-corrected chi connectivity index (χ3v) is 2.80. The number of rotatable bonds is 2. The number of hydrogen-bond donors (Lipinski definition) is 1. The summed E-state index contributed by atoms with van der Waals surface area (Å²) in [4.78, 5) is 0. The molecule has 1 aliphatic heterocycles. The Morgan fingerprint density at radius 3 is 2.77 bits per heavy atom. The summed E-state index contributed by atoms with van der Waals surface area (Å²) in [7, 11) is 0. The molecule has 70 valence electrons. The maximum atomic E-state index is 5.89. The highest BCUT2D eigenvalue weighted by atomic mass is 35.5. The van der Waals surface area contributed by atoms with E-state index in [4.69, 9.17) is 22.1 Å². The molecule has 0 aliphatic carbocycles. The molecule has 2 rings (SSSR count). The monoisotopic (exact) mass is 197 g/mol.